The van der Waals surface area contributed by atoms with Crippen molar-refractivity contribution in [1.29, 1.82) is 0 Å². The van der Waals surface area contributed by atoms with Crippen LogP contribution in [0.4, 0.5) is 5.69 Å². The number of methoxy groups -OCH3 is 1. The van der Waals surface area contributed by atoms with E-state index in [0.29, 0.717) is 31.6 Å². The number of anilines is 1. The van der Waals surface area contributed by atoms with Gasteiger partial charge in [-0.15, -0.1) is 0 Å². The molecular formula is C22H25ClN2O5S. The lowest BCUT2D eigenvalue weighted by molar-refractivity contribution is -0.120. The van der Waals surface area contributed by atoms with Crippen molar-refractivity contribution in [3.63, 3.8) is 0 Å². The molecule has 1 aliphatic heterocycles. The largest absolute Gasteiger partial charge is 0.465 e. The Labute approximate surface area is 187 Å². The predicted octanol–water partition coefficient (Wildman–Crippen LogP) is 3.62. The van der Waals surface area contributed by atoms with Crippen molar-refractivity contribution >= 4 is 39.2 Å². The number of ether oxygens (including phenoxy) is 1. The molecule has 0 unspecified atom stereocenters. The normalized spacial score (nSPS) is 15.5. The van der Waals surface area contributed by atoms with Crippen LogP contribution in [0.15, 0.2) is 42.5 Å². The highest BCUT2D eigenvalue weighted by molar-refractivity contribution is 7.88. The quantitative estimate of drug-likeness (QED) is 0.659. The monoisotopic (exact) mass is 464 g/mol. The second-order valence-electron chi connectivity index (χ2n) is 7.59. The lowest BCUT2D eigenvalue weighted by Gasteiger charge is -2.30. The van der Waals surface area contributed by atoms with Crippen LogP contribution >= 0.6 is 11.6 Å². The summed E-state index contributed by atoms with van der Waals surface area (Å²) in [4.78, 5) is 24.4. The minimum absolute atomic E-state index is 0.0504. The summed E-state index contributed by atoms with van der Waals surface area (Å²) in [6.07, 6.45) is 0.854. The molecule has 1 heterocycles. The molecule has 0 aliphatic carbocycles. The summed E-state index contributed by atoms with van der Waals surface area (Å²) in [5, 5.41) is 3.02. The van der Waals surface area contributed by atoms with Crippen molar-refractivity contribution in [2.24, 2.45) is 5.92 Å². The van der Waals surface area contributed by atoms with E-state index in [0.717, 1.165) is 11.1 Å². The van der Waals surface area contributed by atoms with Gasteiger partial charge in [0, 0.05) is 24.7 Å². The maximum atomic E-state index is 12.7. The average molecular weight is 465 g/mol. The zero-order chi connectivity index (χ0) is 22.6. The molecule has 0 radical (unpaired) electrons. The lowest BCUT2D eigenvalue weighted by Crippen LogP contribution is -2.41. The number of halogens is 1. The molecule has 7 nitrogen and oxygen atoms in total. The van der Waals surface area contributed by atoms with Gasteiger partial charge in [0.2, 0.25) is 15.9 Å². The molecule has 9 heteroatoms. The number of aryl methyl sites for hydroxylation is 1. The third-order valence-electron chi connectivity index (χ3n) is 5.33. The number of benzene rings is 2. The maximum Gasteiger partial charge on any atom is 0.339 e. The van der Waals surface area contributed by atoms with E-state index in [1.807, 2.05) is 31.2 Å². The van der Waals surface area contributed by atoms with Crippen molar-refractivity contribution in [3.8, 4) is 0 Å². The molecule has 3 rings (SSSR count). The van der Waals surface area contributed by atoms with E-state index in [-0.39, 0.29) is 28.2 Å². The maximum absolute atomic E-state index is 12.7. The predicted molar refractivity (Wildman–Crippen MR) is 120 cm³/mol. The zero-order valence-electron chi connectivity index (χ0n) is 17.4. The van der Waals surface area contributed by atoms with E-state index < -0.39 is 16.0 Å². The summed E-state index contributed by atoms with van der Waals surface area (Å²) >= 11 is 6.00. The number of nitrogens with one attached hydrogen (secondary N) is 1. The van der Waals surface area contributed by atoms with E-state index in [4.69, 9.17) is 11.6 Å². The van der Waals surface area contributed by atoms with E-state index >= 15 is 0 Å². The van der Waals surface area contributed by atoms with Gasteiger partial charge in [0.25, 0.3) is 0 Å². The summed E-state index contributed by atoms with van der Waals surface area (Å²) in [6.45, 7) is 2.54. The molecule has 1 amide bonds. The molecule has 166 valence electrons. The summed E-state index contributed by atoms with van der Waals surface area (Å²) in [5.74, 6) is -1.17. The number of rotatable bonds is 6. The first kappa shape index (κ1) is 23.2. The van der Waals surface area contributed by atoms with Crippen LogP contribution in [0.25, 0.3) is 0 Å². The molecule has 1 aliphatic rings. The van der Waals surface area contributed by atoms with E-state index in [9.17, 15) is 18.0 Å². The van der Waals surface area contributed by atoms with Crippen molar-refractivity contribution in [2.45, 2.75) is 25.5 Å². The van der Waals surface area contributed by atoms with Crippen LogP contribution in [-0.2, 0) is 25.3 Å². The Hall–Kier alpha value is -2.42. The van der Waals surface area contributed by atoms with Crippen molar-refractivity contribution in [1.82, 2.24) is 4.31 Å². The third-order valence-corrected chi connectivity index (χ3v) is 7.51. The van der Waals surface area contributed by atoms with Gasteiger partial charge in [-0.25, -0.2) is 17.5 Å². The fourth-order valence-corrected chi connectivity index (χ4v) is 5.25. The van der Waals surface area contributed by atoms with Crippen LogP contribution in [0.3, 0.4) is 0 Å². The fourth-order valence-electron chi connectivity index (χ4n) is 3.50. The van der Waals surface area contributed by atoms with Gasteiger partial charge in [0.05, 0.1) is 23.4 Å². The lowest BCUT2D eigenvalue weighted by atomic mass is 9.97. The molecule has 0 bridgehead atoms. The minimum Gasteiger partial charge on any atom is -0.465 e. The Morgan fingerprint density at radius 2 is 1.77 bits per heavy atom. The number of carbonyl (C=O) groups is 2. The van der Waals surface area contributed by atoms with Gasteiger partial charge in [-0.2, -0.15) is 0 Å². The van der Waals surface area contributed by atoms with Gasteiger partial charge >= 0.3 is 5.97 Å². The highest BCUT2D eigenvalue weighted by Gasteiger charge is 2.31. The number of esters is 1. The first-order valence-corrected chi connectivity index (χ1v) is 11.9. The molecule has 0 saturated carbocycles. The molecule has 31 heavy (non-hydrogen) atoms. The first-order valence-electron chi connectivity index (χ1n) is 9.91. The Balaban J connectivity index is 1.58. The standard InChI is InChI=1S/C22H25ClN2O5S/c1-15-3-5-16(6-4-15)14-31(28,29)25-11-9-17(10-12-25)21(26)24-18-7-8-20(23)19(13-18)22(27)30-2/h3-8,13,17H,9-12,14H2,1-2H3,(H,24,26). The molecule has 0 spiro atoms. The molecule has 1 N–H and O–H groups in total. The van der Waals surface area contributed by atoms with Crippen molar-refractivity contribution < 1.29 is 22.7 Å². The van der Waals surface area contributed by atoms with Crippen LogP contribution in [0.1, 0.15) is 34.3 Å². The van der Waals surface area contributed by atoms with Crippen LogP contribution in [0.5, 0.6) is 0 Å². The SMILES string of the molecule is COC(=O)c1cc(NC(=O)C2CCN(S(=O)(=O)Cc3ccc(C)cc3)CC2)ccc1Cl. The third kappa shape index (κ3) is 5.84. The topological polar surface area (TPSA) is 92.8 Å². The van der Waals surface area contributed by atoms with E-state index in [1.54, 1.807) is 6.07 Å². The number of piperidine rings is 1. The first-order chi connectivity index (χ1) is 14.7. The van der Waals surface area contributed by atoms with Crippen molar-refractivity contribution in [3.05, 3.63) is 64.2 Å². The number of amides is 1. The summed E-state index contributed by atoms with van der Waals surface area (Å²) in [5.41, 5.74) is 2.42. The Bertz CT molecular complexity index is 1060. The molecule has 2 aromatic rings. The zero-order valence-corrected chi connectivity index (χ0v) is 19.0. The number of nitrogens with zero attached hydrogens (tertiary/aromatic N) is 1. The summed E-state index contributed by atoms with van der Waals surface area (Å²) < 4.78 is 31.6. The second-order valence-corrected chi connectivity index (χ2v) is 9.97. The summed E-state index contributed by atoms with van der Waals surface area (Å²) in [7, 11) is -2.19. The smallest absolute Gasteiger partial charge is 0.339 e. The van der Waals surface area contributed by atoms with Gasteiger partial charge in [0.1, 0.15) is 0 Å². The average Bonchev–Trinajstić information content (AvgIpc) is 2.76. The molecule has 1 fully saturated rings. The molecule has 0 aromatic heterocycles. The number of carbonyl (C=O) groups excluding carboxylic acids is 2. The number of sulfonamides is 1. The highest BCUT2D eigenvalue weighted by Crippen LogP contribution is 2.25. The molecule has 1 saturated heterocycles. The van der Waals surface area contributed by atoms with Gasteiger partial charge in [-0.05, 0) is 43.5 Å². The Kier molecular flexibility index (Phi) is 7.35. The van der Waals surface area contributed by atoms with E-state index in [2.05, 4.69) is 10.1 Å². The Morgan fingerprint density at radius 3 is 2.39 bits per heavy atom. The minimum atomic E-state index is -3.44. The second kappa shape index (κ2) is 9.80. The number of hydrogen-bond donors (Lipinski definition) is 1. The summed E-state index contributed by atoms with van der Waals surface area (Å²) in [6, 6.07) is 12.0. The molecule has 0 atom stereocenters. The fraction of sp³-hybridized carbons (Fsp3) is 0.364. The van der Waals surface area contributed by atoms with Gasteiger partial charge < -0.3 is 10.1 Å². The number of hydrogen-bond acceptors (Lipinski definition) is 5. The Morgan fingerprint density at radius 1 is 1.13 bits per heavy atom. The highest BCUT2D eigenvalue weighted by atomic mass is 35.5. The van der Waals surface area contributed by atoms with Gasteiger partial charge in [-0.1, -0.05) is 41.4 Å². The van der Waals surface area contributed by atoms with Gasteiger partial charge in [-0.3, -0.25) is 4.79 Å². The molecular weight excluding hydrogens is 440 g/mol. The van der Waals surface area contributed by atoms with Crippen LogP contribution in [-0.4, -0.2) is 44.8 Å². The van der Waals surface area contributed by atoms with Crippen molar-refractivity contribution in [2.75, 3.05) is 25.5 Å². The van der Waals surface area contributed by atoms with Crippen LogP contribution < -0.4 is 5.32 Å². The van der Waals surface area contributed by atoms with Crippen LogP contribution in [0.2, 0.25) is 5.02 Å². The van der Waals surface area contributed by atoms with E-state index in [1.165, 1.54) is 23.5 Å². The van der Waals surface area contributed by atoms with Gasteiger partial charge in [0.15, 0.2) is 0 Å². The van der Waals surface area contributed by atoms with Crippen LogP contribution in [0, 0.1) is 12.8 Å². The molecule has 2 aromatic carbocycles.